The monoisotopic (exact) mass is 442 g/mol. The summed E-state index contributed by atoms with van der Waals surface area (Å²) in [5.41, 5.74) is 5.66. The molecule has 0 saturated carbocycles. The highest BCUT2D eigenvalue weighted by molar-refractivity contribution is 7.80. The minimum Gasteiger partial charge on any atom is -0.508 e. The Kier molecular flexibility index (Phi) is 6.47. The number of rotatable bonds is 4. The summed E-state index contributed by atoms with van der Waals surface area (Å²) < 4.78 is 0.915. The fourth-order valence-corrected chi connectivity index (χ4v) is 6.69. The number of benzene rings is 2. The van der Waals surface area contributed by atoms with Gasteiger partial charge in [-0.2, -0.15) is 0 Å². The molecule has 2 heterocycles. The van der Waals surface area contributed by atoms with Crippen molar-refractivity contribution in [1.29, 1.82) is 0 Å². The lowest BCUT2D eigenvalue weighted by Crippen LogP contribution is -2.28. The van der Waals surface area contributed by atoms with Gasteiger partial charge in [-0.1, -0.05) is 68.8 Å². The highest BCUT2D eigenvalue weighted by Gasteiger charge is 2.17. The van der Waals surface area contributed by atoms with Crippen molar-refractivity contribution < 1.29 is 5.11 Å². The molecule has 1 aliphatic heterocycles. The SMILES string of the molecule is Cc1ccc(-c2ssc(=S)c2-c2ccc(O)c(CN3CCCN(C)CC3)c2)cc1. The van der Waals surface area contributed by atoms with Crippen molar-refractivity contribution in [3.8, 4) is 27.3 Å². The van der Waals surface area contributed by atoms with E-state index in [4.69, 9.17) is 12.2 Å². The predicted octanol–water partition coefficient (Wildman–Crippen LogP) is 6.02. The van der Waals surface area contributed by atoms with Gasteiger partial charge in [0, 0.05) is 30.8 Å². The Morgan fingerprint density at radius 2 is 1.72 bits per heavy atom. The summed E-state index contributed by atoms with van der Waals surface area (Å²) in [5.74, 6) is 0.369. The molecule has 3 nitrogen and oxygen atoms in total. The largest absolute Gasteiger partial charge is 0.508 e. The van der Waals surface area contributed by atoms with Gasteiger partial charge in [0.15, 0.2) is 0 Å². The average Bonchev–Trinajstić information content (AvgIpc) is 2.97. The number of aryl methyl sites for hydroxylation is 1. The average molecular weight is 443 g/mol. The van der Waals surface area contributed by atoms with Crippen LogP contribution in [0.1, 0.15) is 17.5 Å². The van der Waals surface area contributed by atoms with Gasteiger partial charge in [0.2, 0.25) is 0 Å². The van der Waals surface area contributed by atoms with Crippen molar-refractivity contribution in [3.63, 3.8) is 0 Å². The first-order chi connectivity index (χ1) is 14.0. The number of nitrogens with zero attached hydrogens (tertiary/aromatic N) is 2. The van der Waals surface area contributed by atoms with E-state index in [-0.39, 0.29) is 0 Å². The number of phenols is 1. The van der Waals surface area contributed by atoms with Crippen LogP contribution >= 0.6 is 32.9 Å². The van der Waals surface area contributed by atoms with Crippen LogP contribution in [0.4, 0.5) is 0 Å². The maximum Gasteiger partial charge on any atom is 0.120 e. The zero-order valence-electron chi connectivity index (χ0n) is 16.9. The number of aromatic hydroxyl groups is 1. The normalized spacial score (nSPS) is 16.1. The number of hydrogen-bond donors (Lipinski definition) is 1. The molecule has 2 aromatic carbocycles. The second kappa shape index (κ2) is 9.06. The molecule has 3 aromatic rings. The molecule has 6 heteroatoms. The number of hydrogen-bond acceptors (Lipinski definition) is 6. The highest BCUT2D eigenvalue weighted by atomic mass is 32.9. The highest BCUT2D eigenvalue weighted by Crippen LogP contribution is 2.42. The zero-order chi connectivity index (χ0) is 20.4. The van der Waals surface area contributed by atoms with Crippen LogP contribution in [0.15, 0.2) is 42.5 Å². The minimum atomic E-state index is 0.369. The molecule has 0 amide bonds. The Labute approximate surface area is 185 Å². The molecule has 29 heavy (non-hydrogen) atoms. The van der Waals surface area contributed by atoms with Gasteiger partial charge in [-0.15, -0.1) is 0 Å². The summed E-state index contributed by atoms with van der Waals surface area (Å²) in [6, 6.07) is 14.6. The van der Waals surface area contributed by atoms with Crippen molar-refractivity contribution in [1.82, 2.24) is 9.80 Å². The molecule has 152 valence electrons. The molecule has 0 unspecified atom stereocenters. The second-order valence-electron chi connectivity index (χ2n) is 7.80. The van der Waals surface area contributed by atoms with E-state index < -0.39 is 0 Å². The molecule has 0 radical (unpaired) electrons. The molecule has 0 aliphatic carbocycles. The topological polar surface area (TPSA) is 26.7 Å². The summed E-state index contributed by atoms with van der Waals surface area (Å²) in [7, 11) is 5.57. The lowest BCUT2D eigenvalue weighted by atomic mass is 10.0. The Balaban J connectivity index is 1.67. The van der Waals surface area contributed by atoms with E-state index in [0.717, 1.165) is 59.7 Å². The standard InChI is InChI=1S/C23H26N2OS3/c1-16-4-6-17(7-5-16)22-21(23(27)29-28-22)18-8-9-20(26)19(14-18)15-25-11-3-10-24(2)12-13-25/h4-9,14,26H,3,10-13,15H2,1-2H3. The molecular weight excluding hydrogens is 416 g/mol. The van der Waals surface area contributed by atoms with Crippen LogP contribution in [0.2, 0.25) is 0 Å². The van der Waals surface area contributed by atoms with Crippen molar-refractivity contribution in [2.45, 2.75) is 19.9 Å². The fraction of sp³-hybridized carbons (Fsp3) is 0.348. The molecule has 0 atom stereocenters. The first-order valence-corrected chi connectivity index (χ1v) is 12.5. The quantitative estimate of drug-likeness (QED) is 0.394. The van der Waals surface area contributed by atoms with E-state index in [9.17, 15) is 5.11 Å². The molecule has 1 aromatic heterocycles. The van der Waals surface area contributed by atoms with Gasteiger partial charge in [-0.05, 0) is 56.7 Å². The summed E-state index contributed by atoms with van der Waals surface area (Å²) in [5, 5.41) is 10.5. The molecule has 1 saturated heterocycles. The van der Waals surface area contributed by atoms with Crippen molar-refractivity contribution >= 4 is 32.9 Å². The van der Waals surface area contributed by atoms with Gasteiger partial charge >= 0.3 is 0 Å². The van der Waals surface area contributed by atoms with Crippen molar-refractivity contribution in [2.24, 2.45) is 0 Å². The van der Waals surface area contributed by atoms with E-state index in [1.165, 1.54) is 16.0 Å². The first kappa shape index (κ1) is 20.7. The van der Waals surface area contributed by atoms with Crippen LogP contribution in [0.25, 0.3) is 21.6 Å². The van der Waals surface area contributed by atoms with Crippen molar-refractivity contribution in [2.75, 3.05) is 33.2 Å². The molecule has 1 aliphatic rings. The number of likely N-dealkylation sites (N-methyl/N-ethyl adjacent to an activating group) is 1. The molecule has 0 spiro atoms. The third kappa shape index (κ3) is 4.78. The van der Waals surface area contributed by atoms with Gasteiger partial charge in [-0.25, -0.2) is 0 Å². The van der Waals surface area contributed by atoms with Crippen LogP contribution in [-0.2, 0) is 6.54 Å². The molecule has 4 rings (SSSR count). The minimum absolute atomic E-state index is 0.369. The van der Waals surface area contributed by atoms with Crippen LogP contribution in [0.3, 0.4) is 0 Å². The van der Waals surface area contributed by atoms with Gasteiger partial charge in [0.1, 0.15) is 9.57 Å². The van der Waals surface area contributed by atoms with Crippen LogP contribution in [-0.4, -0.2) is 48.1 Å². The Hall–Kier alpha value is -1.57. The summed E-state index contributed by atoms with van der Waals surface area (Å²) in [6.45, 7) is 7.18. The maximum absolute atomic E-state index is 10.5. The fourth-order valence-electron chi connectivity index (χ4n) is 3.77. The van der Waals surface area contributed by atoms with E-state index >= 15 is 0 Å². The lowest BCUT2D eigenvalue weighted by molar-refractivity contribution is 0.266. The number of phenolic OH excluding ortho intramolecular Hbond substituents is 1. The van der Waals surface area contributed by atoms with Crippen molar-refractivity contribution in [3.05, 3.63) is 57.4 Å². The zero-order valence-corrected chi connectivity index (χ0v) is 19.3. The summed E-state index contributed by atoms with van der Waals surface area (Å²) >= 11 is 5.70. The van der Waals surface area contributed by atoms with E-state index in [1.54, 1.807) is 20.7 Å². The Morgan fingerprint density at radius 1 is 0.966 bits per heavy atom. The lowest BCUT2D eigenvalue weighted by Gasteiger charge is -2.21. The molecular formula is C23H26N2OS3. The second-order valence-corrected chi connectivity index (χ2v) is 10.6. The third-order valence-electron chi connectivity index (χ3n) is 5.52. The van der Waals surface area contributed by atoms with E-state index in [1.807, 2.05) is 12.1 Å². The molecule has 1 fully saturated rings. The van der Waals surface area contributed by atoms with Gasteiger partial charge in [0.05, 0.1) is 4.88 Å². The molecule has 1 N–H and O–H groups in total. The smallest absolute Gasteiger partial charge is 0.120 e. The third-order valence-corrected chi connectivity index (χ3v) is 8.59. The van der Waals surface area contributed by atoms with Gasteiger partial charge < -0.3 is 10.0 Å². The Bertz CT molecular complexity index is 1040. The summed E-state index contributed by atoms with van der Waals surface area (Å²) in [4.78, 5) is 6.03. The van der Waals surface area contributed by atoms with Crippen LogP contribution in [0.5, 0.6) is 5.75 Å². The van der Waals surface area contributed by atoms with Gasteiger partial charge in [-0.3, -0.25) is 4.90 Å². The first-order valence-electron chi connectivity index (χ1n) is 9.94. The van der Waals surface area contributed by atoms with Crippen LogP contribution < -0.4 is 0 Å². The molecule has 0 bridgehead atoms. The van der Waals surface area contributed by atoms with E-state index in [2.05, 4.69) is 54.1 Å². The summed E-state index contributed by atoms with van der Waals surface area (Å²) in [6.07, 6.45) is 1.16. The maximum atomic E-state index is 10.5. The van der Waals surface area contributed by atoms with E-state index in [0.29, 0.717) is 5.75 Å². The predicted molar refractivity (Wildman–Crippen MR) is 128 cm³/mol. The van der Waals surface area contributed by atoms with Gasteiger partial charge in [0.25, 0.3) is 0 Å². The van der Waals surface area contributed by atoms with Crippen LogP contribution in [0, 0.1) is 10.7 Å². The Morgan fingerprint density at radius 3 is 2.52 bits per heavy atom.